The van der Waals surface area contributed by atoms with E-state index >= 15 is 0 Å². The van der Waals surface area contributed by atoms with Crippen LogP contribution in [-0.2, 0) is 16.4 Å². The summed E-state index contributed by atoms with van der Waals surface area (Å²) in [5.41, 5.74) is 0.356. The third-order valence-electron chi connectivity index (χ3n) is 3.53. The van der Waals surface area contributed by atoms with E-state index in [1.165, 1.54) is 24.3 Å². The number of carbonyl (C=O) groups excluding carboxylic acids is 1. The highest BCUT2D eigenvalue weighted by Crippen LogP contribution is 2.11. The van der Waals surface area contributed by atoms with Crippen molar-refractivity contribution in [2.75, 3.05) is 6.26 Å². The molecule has 2 aromatic carbocycles. The molecule has 0 unspecified atom stereocenters. The zero-order chi connectivity index (χ0) is 17.3. The van der Waals surface area contributed by atoms with Gasteiger partial charge >= 0.3 is 0 Å². The lowest BCUT2D eigenvalue weighted by Crippen LogP contribution is -2.27. The molecule has 0 amide bonds. The Labute approximate surface area is 137 Å². The normalized spacial score (nSPS) is 11.5. The number of hydrogen-bond donors (Lipinski definition) is 0. The zero-order valence-corrected chi connectivity index (χ0v) is 13.5. The van der Waals surface area contributed by atoms with E-state index in [9.17, 15) is 18.0 Å². The zero-order valence-electron chi connectivity index (χ0n) is 12.7. The molecule has 3 aromatic rings. The Balaban J connectivity index is 1.90. The van der Waals surface area contributed by atoms with Crippen molar-refractivity contribution in [3.8, 4) is 0 Å². The smallest absolute Gasteiger partial charge is 0.278 e. The van der Waals surface area contributed by atoms with Crippen molar-refractivity contribution < 1.29 is 13.2 Å². The minimum Gasteiger partial charge on any atom is -0.292 e. The summed E-state index contributed by atoms with van der Waals surface area (Å²) < 4.78 is 23.8. The van der Waals surface area contributed by atoms with Crippen LogP contribution in [0.5, 0.6) is 0 Å². The van der Waals surface area contributed by atoms with Crippen LogP contribution >= 0.6 is 0 Å². The number of rotatable bonds is 4. The first-order chi connectivity index (χ1) is 11.4. The second-order valence-corrected chi connectivity index (χ2v) is 7.30. The highest BCUT2D eigenvalue weighted by molar-refractivity contribution is 7.90. The molecular formula is C16H13N3O4S. The van der Waals surface area contributed by atoms with E-state index in [0.717, 1.165) is 10.9 Å². The van der Waals surface area contributed by atoms with Crippen molar-refractivity contribution in [1.82, 2.24) is 15.0 Å². The van der Waals surface area contributed by atoms with E-state index in [4.69, 9.17) is 0 Å². The van der Waals surface area contributed by atoms with Crippen LogP contribution in [0.3, 0.4) is 0 Å². The Morgan fingerprint density at radius 2 is 1.75 bits per heavy atom. The highest BCUT2D eigenvalue weighted by Gasteiger charge is 2.13. The predicted molar refractivity (Wildman–Crippen MR) is 87.7 cm³/mol. The first-order valence-corrected chi connectivity index (χ1v) is 8.91. The first-order valence-electron chi connectivity index (χ1n) is 7.02. The molecule has 0 bridgehead atoms. The average Bonchev–Trinajstić information content (AvgIpc) is 2.57. The molecular weight excluding hydrogens is 330 g/mol. The molecule has 0 atom stereocenters. The van der Waals surface area contributed by atoms with Gasteiger partial charge in [-0.1, -0.05) is 29.5 Å². The van der Waals surface area contributed by atoms with Gasteiger partial charge in [-0.15, -0.1) is 5.10 Å². The largest absolute Gasteiger partial charge is 0.292 e. The maximum Gasteiger partial charge on any atom is 0.278 e. The van der Waals surface area contributed by atoms with Crippen molar-refractivity contribution in [2.45, 2.75) is 11.4 Å². The average molecular weight is 343 g/mol. The molecule has 0 spiro atoms. The van der Waals surface area contributed by atoms with E-state index in [1.54, 1.807) is 24.3 Å². The van der Waals surface area contributed by atoms with Crippen molar-refractivity contribution in [3.05, 3.63) is 64.4 Å². The van der Waals surface area contributed by atoms with E-state index in [1.807, 2.05) is 0 Å². The number of fused-ring (bicyclic) bond motifs is 1. The fraction of sp³-hybridized carbons (Fsp3) is 0.125. The molecule has 1 heterocycles. The fourth-order valence-electron chi connectivity index (χ4n) is 2.24. The van der Waals surface area contributed by atoms with Gasteiger partial charge in [-0.2, -0.15) is 0 Å². The number of carbonyl (C=O) groups is 1. The number of ketones is 1. The van der Waals surface area contributed by atoms with Crippen LogP contribution in [0.1, 0.15) is 10.4 Å². The Morgan fingerprint density at radius 1 is 1.08 bits per heavy atom. The van der Waals surface area contributed by atoms with Crippen LogP contribution in [0.2, 0.25) is 0 Å². The minimum absolute atomic E-state index is 0.127. The summed E-state index contributed by atoms with van der Waals surface area (Å²) in [6, 6.07) is 12.3. The quantitative estimate of drug-likeness (QED) is 0.657. The Kier molecular flexibility index (Phi) is 3.98. The number of nitrogens with zero attached hydrogens (tertiary/aromatic N) is 3. The molecule has 0 aliphatic heterocycles. The second kappa shape index (κ2) is 5.97. The van der Waals surface area contributed by atoms with E-state index < -0.39 is 15.4 Å². The monoisotopic (exact) mass is 343 g/mol. The summed E-state index contributed by atoms with van der Waals surface area (Å²) in [7, 11) is -3.32. The highest BCUT2D eigenvalue weighted by atomic mass is 32.2. The van der Waals surface area contributed by atoms with Crippen LogP contribution in [0, 0.1) is 0 Å². The lowest BCUT2D eigenvalue weighted by molar-refractivity contribution is 0.0964. The second-order valence-electron chi connectivity index (χ2n) is 5.29. The van der Waals surface area contributed by atoms with Gasteiger partial charge in [0.05, 0.1) is 10.3 Å². The Bertz CT molecular complexity index is 1090. The van der Waals surface area contributed by atoms with Crippen LogP contribution in [0.4, 0.5) is 0 Å². The fourth-order valence-corrected chi connectivity index (χ4v) is 2.87. The third-order valence-corrected chi connectivity index (χ3v) is 4.66. The van der Waals surface area contributed by atoms with Crippen molar-refractivity contribution in [1.29, 1.82) is 0 Å². The van der Waals surface area contributed by atoms with E-state index in [0.29, 0.717) is 16.5 Å². The lowest BCUT2D eigenvalue weighted by Gasteiger charge is -2.05. The van der Waals surface area contributed by atoms with Crippen molar-refractivity contribution in [3.63, 3.8) is 0 Å². The van der Waals surface area contributed by atoms with Gasteiger partial charge in [-0.05, 0) is 24.3 Å². The maximum absolute atomic E-state index is 12.3. The molecule has 122 valence electrons. The molecule has 3 rings (SSSR count). The predicted octanol–water partition coefficient (Wildman–Crippen LogP) is 1.08. The number of Topliss-reactive ketones (excluding diaryl/α,β-unsaturated/α-hetero) is 1. The SMILES string of the molecule is CS(=O)(=O)c1ccc(C(=O)Cn2nnc3ccccc3c2=O)cc1. The molecule has 0 fully saturated rings. The van der Waals surface area contributed by atoms with Gasteiger partial charge in [-0.3, -0.25) is 9.59 Å². The van der Waals surface area contributed by atoms with Crippen LogP contribution < -0.4 is 5.56 Å². The third kappa shape index (κ3) is 3.09. The molecule has 1 aromatic heterocycles. The topological polar surface area (TPSA) is 99.0 Å². The summed E-state index contributed by atoms with van der Waals surface area (Å²) in [5.74, 6) is -0.360. The summed E-state index contributed by atoms with van der Waals surface area (Å²) in [4.78, 5) is 24.7. The molecule has 24 heavy (non-hydrogen) atoms. The van der Waals surface area contributed by atoms with Gasteiger partial charge in [-0.25, -0.2) is 13.1 Å². The number of sulfone groups is 1. The minimum atomic E-state index is -3.32. The lowest BCUT2D eigenvalue weighted by atomic mass is 10.1. The van der Waals surface area contributed by atoms with Crippen molar-refractivity contribution >= 4 is 26.5 Å². The Morgan fingerprint density at radius 3 is 2.42 bits per heavy atom. The van der Waals surface area contributed by atoms with Crippen LogP contribution in [0.25, 0.3) is 10.9 Å². The summed E-state index contributed by atoms with van der Waals surface area (Å²) in [6.07, 6.45) is 1.09. The molecule has 0 radical (unpaired) electrons. The molecule has 0 aliphatic rings. The van der Waals surface area contributed by atoms with Gasteiger partial charge in [0.25, 0.3) is 5.56 Å². The first kappa shape index (κ1) is 16.0. The van der Waals surface area contributed by atoms with E-state index in [2.05, 4.69) is 10.3 Å². The summed E-state index contributed by atoms with van der Waals surface area (Å²) >= 11 is 0. The van der Waals surface area contributed by atoms with Crippen LogP contribution in [-0.4, -0.2) is 35.5 Å². The van der Waals surface area contributed by atoms with Gasteiger partial charge < -0.3 is 0 Å². The maximum atomic E-state index is 12.3. The molecule has 0 saturated heterocycles. The summed E-state index contributed by atoms with van der Waals surface area (Å²) in [6.45, 7) is -0.269. The van der Waals surface area contributed by atoms with Gasteiger partial charge in [0, 0.05) is 11.8 Å². The molecule has 0 aliphatic carbocycles. The standard InChI is InChI=1S/C16H13N3O4S/c1-24(22,23)12-8-6-11(7-9-12)15(20)10-19-16(21)13-4-2-3-5-14(13)17-18-19/h2-9H,10H2,1H3. The molecule has 8 heteroatoms. The van der Waals surface area contributed by atoms with Gasteiger partial charge in [0.2, 0.25) is 0 Å². The molecule has 7 nitrogen and oxygen atoms in total. The summed E-state index contributed by atoms with van der Waals surface area (Å²) in [5, 5.41) is 8.06. The Hall–Kier alpha value is -2.87. The molecule has 0 saturated carbocycles. The van der Waals surface area contributed by atoms with Gasteiger partial charge in [0.1, 0.15) is 12.1 Å². The number of benzene rings is 2. The van der Waals surface area contributed by atoms with E-state index in [-0.39, 0.29) is 17.2 Å². The number of aromatic nitrogens is 3. The number of hydrogen-bond acceptors (Lipinski definition) is 6. The van der Waals surface area contributed by atoms with Gasteiger partial charge in [0.15, 0.2) is 15.6 Å². The molecule has 0 N–H and O–H groups in total. The van der Waals surface area contributed by atoms with Crippen LogP contribution in [0.15, 0.2) is 58.2 Å². The van der Waals surface area contributed by atoms with Crippen molar-refractivity contribution in [2.24, 2.45) is 0 Å².